The van der Waals surface area contributed by atoms with E-state index in [-0.39, 0.29) is 5.91 Å². The molecule has 3 heterocycles. The minimum Gasteiger partial charge on any atom is -0.360 e. The summed E-state index contributed by atoms with van der Waals surface area (Å²) in [5.74, 6) is 0.341. The summed E-state index contributed by atoms with van der Waals surface area (Å²) < 4.78 is 1.18. The Bertz CT molecular complexity index is 1450. The number of nitrogens with one attached hydrogen (secondary N) is 2. The SMILES string of the molecule is Cc1nn(-c2c(Cl)cccc2Cl)c(=O)c2cnc(Nc3ccc(N4CCNC(=O)C4)cc3)nc12. The smallest absolute Gasteiger partial charge is 0.282 e. The van der Waals surface area contributed by atoms with Crippen LogP contribution in [0.3, 0.4) is 0 Å². The molecule has 0 bridgehead atoms. The quantitative estimate of drug-likeness (QED) is 0.446. The number of halogens is 2. The van der Waals surface area contributed by atoms with Crippen molar-refractivity contribution < 1.29 is 4.79 Å². The van der Waals surface area contributed by atoms with Gasteiger partial charge in [-0.1, -0.05) is 29.3 Å². The van der Waals surface area contributed by atoms with Crippen LogP contribution < -0.4 is 21.1 Å². The number of nitrogens with zero attached hydrogens (tertiary/aromatic N) is 5. The third kappa shape index (κ3) is 4.15. The summed E-state index contributed by atoms with van der Waals surface area (Å²) in [5.41, 5.74) is 2.57. The number of aryl methyl sites for hydroxylation is 1. The highest BCUT2D eigenvalue weighted by molar-refractivity contribution is 6.37. The molecule has 0 saturated carbocycles. The van der Waals surface area contributed by atoms with Gasteiger partial charge in [-0.05, 0) is 43.3 Å². The zero-order valence-corrected chi connectivity index (χ0v) is 19.6. The van der Waals surface area contributed by atoms with E-state index in [0.29, 0.717) is 51.4 Å². The molecule has 1 aliphatic rings. The Morgan fingerprint density at radius 3 is 2.50 bits per heavy atom. The van der Waals surface area contributed by atoms with Crippen molar-refractivity contribution in [3.05, 3.63) is 74.8 Å². The molecule has 11 heteroatoms. The first-order valence-corrected chi connectivity index (χ1v) is 11.3. The van der Waals surface area contributed by atoms with Gasteiger partial charge in [-0.25, -0.2) is 9.97 Å². The first-order chi connectivity index (χ1) is 16.4. The third-order valence-electron chi connectivity index (χ3n) is 5.48. The van der Waals surface area contributed by atoms with Gasteiger partial charge in [0, 0.05) is 30.7 Å². The Morgan fingerprint density at radius 1 is 1.06 bits per heavy atom. The third-order valence-corrected chi connectivity index (χ3v) is 6.09. The Balaban J connectivity index is 1.44. The number of para-hydroxylation sites is 1. The van der Waals surface area contributed by atoms with Gasteiger partial charge in [-0.3, -0.25) is 9.59 Å². The molecule has 2 aromatic heterocycles. The molecule has 34 heavy (non-hydrogen) atoms. The van der Waals surface area contributed by atoms with Crippen molar-refractivity contribution >= 4 is 57.3 Å². The van der Waals surface area contributed by atoms with Gasteiger partial charge in [0.15, 0.2) is 0 Å². The Hall–Kier alpha value is -3.69. The van der Waals surface area contributed by atoms with Crippen LogP contribution in [0.2, 0.25) is 10.0 Å². The molecule has 1 aliphatic heterocycles. The fourth-order valence-electron chi connectivity index (χ4n) is 3.82. The minimum absolute atomic E-state index is 0.0119. The van der Waals surface area contributed by atoms with Crippen LogP contribution in [0.4, 0.5) is 17.3 Å². The van der Waals surface area contributed by atoms with Crippen LogP contribution in [0.5, 0.6) is 0 Å². The van der Waals surface area contributed by atoms with E-state index in [4.69, 9.17) is 23.2 Å². The first-order valence-electron chi connectivity index (χ1n) is 10.5. The number of benzene rings is 2. The highest BCUT2D eigenvalue weighted by atomic mass is 35.5. The number of carbonyl (C=O) groups is 1. The molecule has 0 atom stereocenters. The minimum atomic E-state index is -0.419. The number of piperazine rings is 1. The maximum atomic E-state index is 13.1. The molecule has 2 N–H and O–H groups in total. The molecule has 1 fully saturated rings. The van der Waals surface area contributed by atoms with E-state index in [1.54, 1.807) is 25.1 Å². The lowest BCUT2D eigenvalue weighted by molar-refractivity contribution is -0.120. The standard InChI is InChI=1S/C23H19Cl2N7O2/c1-13-20-16(22(34)32(30-13)21-17(24)3-2-4-18(21)25)11-27-23(29-20)28-14-5-7-15(8-6-14)31-10-9-26-19(33)12-31/h2-8,11H,9-10,12H2,1H3,(H,26,33)(H,27,28,29). The summed E-state index contributed by atoms with van der Waals surface area (Å²) in [4.78, 5) is 35.6. The predicted octanol–water partition coefficient (Wildman–Crippen LogP) is 3.47. The number of hydrogen-bond acceptors (Lipinski definition) is 7. The van der Waals surface area contributed by atoms with Gasteiger partial charge in [0.25, 0.3) is 5.56 Å². The monoisotopic (exact) mass is 495 g/mol. The van der Waals surface area contributed by atoms with Crippen LogP contribution in [0.1, 0.15) is 5.69 Å². The van der Waals surface area contributed by atoms with Crippen LogP contribution in [-0.2, 0) is 4.79 Å². The maximum Gasteiger partial charge on any atom is 0.282 e. The summed E-state index contributed by atoms with van der Waals surface area (Å²) in [6.45, 7) is 3.48. The van der Waals surface area contributed by atoms with Crippen molar-refractivity contribution in [2.75, 3.05) is 29.9 Å². The van der Waals surface area contributed by atoms with E-state index in [1.807, 2.05) is 29.2 Å². The van der Waals surface area contributed by atoms with Gasteiger partial charge in [-0.2, -0.15) is 9.78 Å². The lowest BCUT2D eigenvalue weighted by atomic mass is 10.2. The van der Waals surface area contributed by atoms with Crippen LogP contribution in [0.25, 0.3) is 16.6 Å². The second-order valence-corrected chi connectivity index (χ2v) is 8.59. The largest absolute Gasteiger partial charge is 0.360 e. The van der Waals surface area contributed by atoms with Crippen molar-refractivity contribution in [3.63, 3.8) is 0 Å². The van der Waals surface area contributed by atoms with Crippen LogP contribution in [0.15, 0.2) is 53.5 Å². The molecule has 0 spiro atoms. The van der Waals surface area contributed by atoms with E-state index in [2.05, 4.69) is 25.7 Å². The van der Waals surface area contributed by atoms with Crippen molar-refractivity contribution in [1.29, 1.82) is 0 Å². The van der Waals surface area contributed by atoms with Crippen LogP contribution in [-0.4, -0.2) is 45.3 Å². The topological polar surface area (TPSA) is 105 Å². The van der Waals surface area contributed by atoms with Gasteiger partial charge in [0.1, 0.15) is 11.2 Å². The second-order valence-electron chi connectivity index (χ2n) is 7.77. The number of hydrogen-bond donors (Lipinski definition) is 2. The summed E-state index contributed by atoms with van der Waals surface area (Å²) in [5, 5.41) is 11.3. The van der Waals surface area contributed by atoms with Crippen LogP contribution in [0, 0.1) is 6.92 Å². The number of carbonyl (C=O) groups excluding carboxylic acids is 1. The van der Waals surface area contributed by atoms with Crippen LogP contribution >= 0.6 is 23.2 Å². The van der Waals surface area contributed by atoms with Crippen molar-refractivity contribution in [1.82, 2.24) is 25.1 Å². The van der Waals surface area contributed by atoms with E-state index in [1.165, 1.54) is 10.9 Å². The average molecular weight is 496 g/mol. The van der Waals surface area contributed by atoms with Gasteiger partial charge >= 0.3 is 0 Å². The Kier molecular flexibility index (Phi) is 5.80. The van der Waals surface area contributed by atoms with Crippen molar-refractivity contribution in [3.8, 4) is 5.69 Å². The van der Waals surface area contributed by atoms with Gasteiger partial charge in [-0.15, -0.1) is 0 Å². The summed E-state index contributed by atoms with van der Waals surface area (Å²) >= 11 is 12.5. The van der Waals surface area contributed by atoms with E-state index >= 15 is 0 Å². The lowest BCUT2D eigenvalue weighted by Gasteiger charge is -2.28. The summed E-state index contributed by atoms with van der Waals surface area (Å²) in [6, 6.07) is 12.6. The van der Waals surface area contributed by atoms with E-state index in [9.17, 15) is 9.59 Å². The number of rotatable bonds is 4. The highest BCUT2D eigenvalue weighted by Gasteiger charge is 2.18. The molecule has 9 nitrogen and oxygen atoms in total. The van der Waals surface area contributed by atoms with E-state index < -0.39 is 5.56 Å². The molecular weight excluding hydrogens is 477 g/mol. The second kappa shape index (κ2) is 8.92. The van der Waals surface area contributed by atoms with Crippen molar-refractivity contribution in [2.24, 2.45) is 0 Å². The molecule has 172 valence electrons. The van der Waals surface area contributed by atoms with Gasteiger partial charge in [0.05, 0.1) is 27.7 Å². The molecule has 0 aliphatic carbocycles. The lowest BCUT2D eigenvalue weighted by Crippen LogP contribution is -2.47. The zero-order valence-electron chi connectivity index (χ0n) is 18.0. The molecule has 4 aromatic rings. The molecular formula is C23H19Cl2N7O2. The summed E-state index contributed by atoms with van der Waals surface area (Å²) in [7, 11) is 0. The Morgan fingerprint density at radius 2 is 1.79 bits per heavy atom. The van der Waals surface area contributed by atoms with Gasteiger partial charge < -0.3 is 15.5 Å². The molecule has 1 amide bonds. The maximum absolute atomic E-state index is 13.1. The number of aromatic nitrogens is 4. The highest BCUT2D eigenvalue weighted by Crippen LogP contribution is 2.27. The molecule has 1 saturated heterocycles. The molecule has 2 aromatic carbocycles. The fraction of sp³-hybridized carbons (Fsp3) is 0.174. The number of anilines is 3. The molecule has 0 radical (unpaired) electrons. The Labute approximate surface area is 204 Å². The van der Waals surface area contributed by atoms with Crippen molar-refractivity contribution in [2.45, 2.75) is 6.92 Å². The van der Waals surface area contributed by atoms with Gasteiger partial charge in [0.2, 0.25) is 11.9 Å². The predicted molar refractivity (Wildman–Crippen MR) is 133 cm³/mol. The zero-order chi connectivity index (χ0) is 23.8. The molecule has 0 unspecified atom stereocenters. The van der Waals surface area contributed by atoms with E-state index in [0.717, 1.165) is 17.9 Å². The first kappa shape index (κ1) is 22.1. The average Bonchev–Trinajstić information content (AvgIpc) is 2.82. The molecule has 5 rings (SSSR count). The normalized spacial score (nSPS) is 13.7. The fourth-order valence-corrected chi connectivity index (χ4v) is 4.38. The summed E-state index contributed by atoms with van der Waals surface area (Å²) in [6.07, 6.45) is 1.46. The number of fused-ring (bicyclic) bond motifs is 1. The number of amides is 1.